The van der Waals surface area contributed by atoms with Crippen molar-refractivity contribution in [3.05, 3.63) is 106 Å². The van der Waals surface area contributed by atoms with Crippen LogP contribution in [0, 0.1) is 19.7 Å². The van der Waals surface area contributed by atoms with Crippen molar-refractivity contribution in [1.82, 2.24) is 19.3 Å². The van der Waals surface area contributed by atoms with Crippen LogP contribution in [0.3, 0.4) is 0 Å². The van der Waals surface area contributed by atoms with Crippen LogP contribution in [0.2, 0.25) is 0 Å². The van der Waals surface area contributed by atoms with Crippen molar-refractivity contribution in [2.45, 2.75) is 13.8 Å². The van der Waals surface area contributed by atoms with Crippen LogP contribution in [0.4, 0.5) is 15.9 Å². The first-order valence-electron chi connectivity index (χ1n) is 12.4. The minimum absolute atomic E-state index is 0.0500. The highest BCUT2D eigenvalue weighted by molar-refractivity contribution is 6.05. The van der Waals surface area contributed by atoms with Gasteiger partial charge in [0.2, 0.25) is 0 Å². The lowest BCUT2D eigenvalue weighted by atomic mass is 10.1. The first kappa shape index (κ1) is 26.4. The van der Waals surface area contributed by atoms with E-state index in [1.54, 1.807) is 74.1 Å². The summed E-state index contributed by atoms with van der Waals surface area (Å²) in [5.74, 6) is -0.784. The summed E-state index contributed by atoms with van der Waals surface area (Å²) in [6.45, 7) is 3.43. The van der Waals surface area contributed by atoms with Gasteiger partial charge in [-0.1, -0.05) is 36.4 Å². The number of rotatable bonds is 6. The Labute approximate surface area is 229 Å². The molecule has 0 aliphatic carbocycles. The van der Waals surface area contributed by atoms with Gasteiger partial charge in [0.25, 0.3) is 11.5 Å². The molecular formula is C30H27FN6O3. The van der Waals surface area contributed by atoms with Gasteiger partial charge in [-0.2, -0.15) is 0 Å². The number of para-hydroxylation sites is 1. The predicted octanol–water partition coefficient (Wildman–Crippen LogP) is 4.90. The molecule has 0 saturated carbocycles. The fraction of sp³-hybridized carbons (Fsp3) is 0.133. The summed E-state index contributed by atoms with van der Waals surface area (Å²) >= 11 is 0. The molecule has 1 amide bonds. The quantitative estimate of drug-likeness (QED) is 0.318. The zero-order valence-electron chi connectivity index (χ0n) is 22.4. The molecule has 5 aromatic rings. The van der Waals surface area contributed by atoms with Crippen LogP contribution in [-0.4, -0.2) is 32.3 Å². The third-order valence-corrected chi connectivity index (χ3v) is 6.73. The second kappa shape index (κ2) is 10.5. The Balaban J connectivity index is 1.44. The number of benzene rings is 3. The number of aryl methyl sites for hydroxylation is 1. The number of nitrogen functional groups attached to an aromatic ring is 1. The van der Waals surface area contributed by atoms with Crippen molar-refractivity contribution in [2.24, 2.45) is 7.05 Å². The number of nitrogens with two attached hydrogens (primary N) is 1. The first-order chi connectivity index (χ1) is 19.2. The smallest absolute Gasteiger partial charge is 0.284 e. The number of hydrogen-bond acceptors (Lipinski definition) is 6. The maximum Gasteiger partial charge on any atom is 0.284 e. The Morgan fingerprint density at radius 1 is 0.950 bits per heavy atom. The van der Waals surface area contributed by atoms with Gasteiger partial charge in [0.15, 0.2) is 11.6 Å². The number of carbonyl (C=O) groups is 1. The summed E-state index contributed by atoms with van der Waals surface area (Å²) in [7, 11) is 3.13. The lowest BCUT2D eigenvalue weighted by Gasteiger charge is -2.13. The molecule has 0 fully saturated rings. The molecule has 0 aliphatic heterocycles. The monoisotopic (exact) mass is 538 g/mol. The van der Waals surface area contributed by atoms with Crippen LogP contribution in [-0.2, 0) is 7.05 Å². The number of carbonyl (C=O) groups excluding carboxylic acids is 1. The Morgan fingerprint density at radius 3 is 2.33 bits per heavy atom. The van der Waals surface area contributed by atoms with Gasteiger partial charge in [-0.15, -0.1) is 0 Å². The molecule has 9 nitrogen and oxygen atoms in total. The predicted molar refractivity (Wildman–Crippen MR) is 152 cm³/mol. The summed E-state index contributed by atoms with van der Waals surface area (Å²) < 4.78 is 23.2. The molecule has 0 spiro atoms. The van der Waals surface area contributed by atoms with Gasteiger partial charge in [0.05, 0.1) is 29.9 Å². The molecule has 0 saturated heterocycles. The number of aromatic nitrogens is 4. The summed E-state index contributed by atoms with van der Waals surface area (Å²) in [6, 6.07) is 20.7. The van der Waals surface area contributed by atoms with Crippen molar-refractivity contribution in [1.29, 1.82) is 0 Å². The number of nitrogens with one attached hydrogen (secondary N) is 1. The van der Waals surface area contributed by atoms with E-state index in [4.69, 9.17) is 10.5 Å². The van der Waals surface area contributed by atoms with Crippen LogP contribution in [0.5, 0.6) is 5.75 Å². The highest BCUT2D eigenvalue weighted by atomic mass is 19.1. The maximum atomic E-state index is 15.0. The number of halogens is 1. The maximum absolute atomic E-state index is 15.0. The fourth-order valence-corrected chi connectivity index (χ4v) is 4.59. The number of amides is 1. The Morgan fingerprint density at radius 2 is 1.65 bits per heavy atom. The third-order valence-electron chi connectivity index (χ3n) is 6.73. The lowest BCUT2D eigenvalue weighted by molar-refractivity contribution is 0.102. The molecule has 10 heteroatoms. The molecule has 40 heavy (non-hydrogen) atoms. The van der Waals surface area contributed by atoms with Crippen molar-refractivity contribution in [3.63, 3.8) is 0 Å². The average molecular weight is 539 g/mol. The normalized spacial score (nSPS) is 10.9. The second-order valence-electron chi connectivity index (χ2n) is 9.18. The molecule has 3 aromatic carbocycles. The number of anilines is 2. The molecule has 2 heterocycles. The number of nitrogens with zero attached hydrogens (tertiary/aromatic N) is 4. The van der Waals surface area contributed by atoms with Crippen molar-refractivity contribution < 1.29 is 13.9 Å². The van der Waals surface area contributed by atoms with Crippen molar-refractivity contribution in [2.75, 3.05) is 18.2 Å². The molecule has 3 N–H and O–H groups in total. The minimum atomic E-state index is -0.543. The van der Waals surface area contributed by atoms with E-state index in [0.29, 0.717) is 39.7 Å². The van der Waals surface area contributed by atoms with Gasteiger partial charge in [0.1, 0.15) is 17.1 Å². The van der Waals surface area contributed by atoms with E-state index < -0.39 is 17.3 Å². The van der Waals surface area contributed by atoms with Crippen molar-refractivity contribution in [3.8, 4) is 34.0 Å². The van der Waals surface area contributed by atoms with E-state index >= 15 is 0 Å². The minimum Gasteiger partial charge on any atom is -0.494 e. The lowest BCUT2D eigenvalue weighted by Crippen LogP contribution is -2.25. The van der Waals surface area contributed by atoms with Crippen LogP contribution < -0.4 is 21.3 Å². The van der Waals surface area contributed by atoms with E-state index in [-0.39, 0.29) is 22.7 Å². The van der Waals surface area contributed by atoms with Gasteiger partial charge >= 0.3 is 0 Å². The third kappa shape index (κ3) is 4.60. The largest absolute Gasteiger partial charge is 0.494 e. The van der Waals surface area contributed by atoms with Gasteiger partial charge in [-0.3, -0.25) is 14.3 Å². The molecule has 0 radical (unpaired) electrons. The number of ether oxygens (including phenoxy) is 1. The highest BCUT2D eigenvalue weighted by Crippen LogP contribution is 2.33. The van der Waals surface area contributed by atoms with Crippen molar-refractivity contribution >= 4 is 17.4 Å². The van der Waals surface area contributed by atoms with Crippen LogP contribution in [0.15, 0.2) is 77.6 Å². The van der Waals surface area contributed by atoms with E-state index in [9.17, 15) is 14.0 Å². The highest BCUT2D eigenvalue weighted by Gasteiger charge is 2.23. The Bertz CT molecular complexity index is 1790. The first-order valence-corrected chi connectivity index (χ1v) is 12.4. The Kier molecular flexibility index (Phi) is 6.91. The van der Waals surface area contributed by atoms with Crippen LogP contribution in [0.25, 0.3) is 28.2 Å². The molecule has 0 unspecified atom stereocenters. The summed E-state index contributed by atoms with van der Waals surface area (Å²) in [4.78, 5) is 35.4. The molecule has 0 bridgehead atoms. The number of methoxy groups -OCH3 is 1. The molecule has 0 aliphatic rings. The van der Waals surface area contributed by atoms with Crippen LogP contribution in [0.1, 0.15) is 21.7 Å². The van der Waals surface area contributed by atoms with Gasteiger partial charge < -0.3 is 15.8 Å². The summed E-state index contributed by atoms with van der Waals surface area (Å²) in [5, 5.41) is 2.80. The van der Waals surface area contributed by atoms with E-state index in [1.165, 1.54) is 17.9 Å². The molecular weight excluding hydrogens is 511 g/mol. The zero-order valence-corrected chi connectivity index (χ0v) is 22.4. The summed E-state index contributed by atoms with van der Waals surface area (Å²) in [6.07, 6.45) is 0. The summed E-state index contributed by atoms with van der Waals surface area (Å²) in [5.41, 5.74) is 9.52. The number of hydrogen-bond donors (Lipinski definition) is 2. The van der Waals surface area contributed by atoms with Crippen LogP contribution >= 0.6 is 0 Å². The zero-order chi connectivity index (χ0) is 28.6. The van der Waals surface area contributed by atoms with E-state index in [0.717, 1.165) is 0 Å². The van der Waals surface area contributed by atoms with E-state index in [1.807, 2.05) is 18.2 Å². The second-order valence-corrected chi connectivity index (χ2v) is 9.18. The van der Waals surface area contributed by atoms with E-state index in [2.05, 4.69) is 15.3 Å². The molecule has 2 aromatic heterocycles. The van der Waals surface area contributed by atoms with Gasteiger partial charge in [-0.25, -0.2) is 19.0 Å². The Hall–Kier alpha value is -5.25. The van der Waals surface area contributed by atoms with Gasteiger partial charge in [-0.05, 0) is 50.2 Å². The SMILES string of the molecule is COc1cccc(-c2nc(-c3ccc(NC(=O)c4c(C)n(C)n(-c5ccccc5)c4=O)cc3)c(N)nc2C)c1F. The fourth-order valence-electron chi connectivity index (χ4n) is 4.59. The standard InChI is InChI=1S/C30H27FN6O3/c1-17-26(22-11-8-12-23(40-4)25(22)31)35-27(28(32)33-17)19-13-15-20(16-14-19)34-29(38)24-18(2)36(3)37(30(24)39)21-9-6-5-7-10-21/h5-16H,1-4H3,(H2,32,33)(H,34,38). The molecule has 0 atom stereocenters. The average Bonchev–Trinajstić information content (AvgIpc) is 3.17. The topological polar surface area (TPSA) is 117 Å². The molecule has 202 valence electrons. The van der Waals surface area contributed by atoms with Gasteiger partial charge in [0, 0.05) is 23.9 Å². The molecule has 5 rings (SSSR count).